The molecule has 148 valence electrons. The van der Waals surface area contributed by atoms with Crippen molar-refractivity contribution in [3.05, 3.63) is 53.6 Å². The molecule has 2 aromatic carbocycles. The number of fused-ring (bicyclic) bond motifs is 1. The van der Waals surface area contributed by atoms with Crippen LogP contribution >= 0.6 is 0 Å². The molecule has 2 amide bonds. The number of benzene rings is 2. The molecule has 0 saturated heterocycles. The average molecular weight is 380 g/mol. The Bertz CT molecular complexity index is 874. The van der Waals surface area contributed by atoms with Gasteiger partial charge in [0.05, 0.1) is 5.69 Å². The molecule has 5 heteroatoms. The zero-order valence-corrected chi connectivity index (χ0v) is 17.0. The van der Waals surface area contributed by atoms with Crippen molar-refractivity contribution in [1.82, 2.24) is 0 Å². The van der Waals surface area contributed by atoms with E-state index in [9.17, 15) is 9.59 Å². The van der Waals surface area contributed by atoms with Gasteiger partial charge in [-0.3, -0.25) is 9.59 Å². The fourth-order valence-electron chi connectivity index (χ4n) is 3.36. The Morgan fingerprint density at radius 1 is 1.11 bits per heavy atom. The highest BCUT2D eigenvalue weighted by Gasteiger charge is 2.25. The van der Waals surface area contributed by atoms with E-state index in [1.807, 2.05) is 30.3 Å². The lowest BCUT2D eigenvalue weighted by atomic mass is 9.94. The van der Waals surface area contributed by atoms with Crippen molar-refractivity contribution < 1.29 is 14.3 Å². The minimum absolute atomic E-state index is 0.00674. The number of amides is 2. The smallest absolute Gasteiger partial charge is 0.265 e. The minimum Gasteiger partial charge on any atom is -0.482 e. The molecular weight excluding hydrogens is 352 g/mol. The molecule has 0 radical (unpaired) electrons. The summed E-state index contributed by atoms with van der Waals surface area (Å²) in [5, 5.41) is 3.03. The number of anilines is 2. The first-order valence-electron chi connectivity index (χ1n) is 9.82. The van der Waals surface area contributed by atoms with E-state index in [2.05, 4.69) is 45.1 Å². The summed E-state index contributed by atoms with van der Waals surface area (Å²) in [4.78, 5) is 26.5. The third-order valence-electron chi connectivity index (χ3n) is 5.01. The predicted octanol–water partition coefficient (Wildman–Crippen LogP) is 4.69. The summed E-state index contributed by atoms with van der Waals surface area (Å²) in [7, 11) is 0. The molecule has 1 aliphatic rings. The normalized spacial score (nSPS) is 13.5. The molecule has 0 atom stereocenters. The zero-order valence-electron chi connectivity index (χ0n) is 17.0. The quantitative estimate of drug-likeness (QED) is 0.791. The summed E-state index contributed by atoms with van der Waals surface area (Å²) >= 11 is 0. The van der Waals surface area contributed by atoms with Crippen LogP contribution in [-0.2, 0) is 9.59 Å². The van der Waals surface area contributed by atoms with Gasteiger partial charge < -0.3 is 15.0 Å². The number of hydrogen-bond acceptors (Lipinski definition) is 3. The average Bonchev–Trinajstić information content (AvgIpc) is 2.67. The maximum absolute atomic E-state index is 12.6. The monoisotopic (exact) mass is 380 g/mol. The van der Waals surface area contributed by atoms with Crippen LogP contribution < -0.4 is 15.0 Å². The highest BCUT2D eigenvalue weighted by Crippen LogP contribution is 2.32. The van der Waals surface area contributed by atoms with Gasteiger partial charge in [-0.2, -0.15) is 0 Å². The molecule has 28 heavy (non-hydrogen) atoms. The van der Waals surface area contributed by atoms with E-state index in [1.165, 1.54) is 5.56 Å². The number of nitrogens with zero attached hydrogens (tertiary/aromatic N) is 1. The van der Waals surface area contributed by atoms with Crippen molar-refractivity contribution in [3.8, 4) is 5.75 Å². The van der Waals surface area contributed by atoms with Crippen LogP contribution in [0.5, 0.6) is 5.75 Å². The molecule has 3 rings (SSSR count). The van der Waals surface area contributed by atoms with E-state index in [1.54, 1.807) is 4.90 Å². The third-order valence-corrected chi connectivity index (χ3v) is 5.01. The van der Waals surface area contributed by atoms with Crippen LogP contribution in [-0.4, -0.2) is 25.0 Å². The first-order valence-corrected chi connectivity index (χ1v) is 9.82. The van der Waals surface area contributed by atoms with Gasteiger partial charge in [0, 0.05) is 18.7 Å². The van der Waals surface area contributed by atoms with Crippen molar-refractivity contribution in [3.63, 3.8) is 0 Å². The van der Waals surface area contributed by atoms with Gasteiger partial charge in [-0.1, -0.05) is 52.0 Å². The number of para-hydroxylation sites is 2. The summed E-state index contributed by atoms with van der Waals surface area (Å²) in [6.07, 6.45) is 0.226. The van der Waals surface area contributed by atoms with Crippen molar-refractivity contribution in [2.45, 2.75) is 46.0 Å². The van der Waals surface area contributed by atoms with E-state index in [4.69, 9.17) is 4.74 Å². The highest BCUT2D eigenvalue weighted by molar-refractivity contribution is 5.99. The number of nitrogens with one attached hydrogen (secondary N) is 1. The van der Waals surface area contributed by atoms with E-state index in [0.29, 0.717) is 24.1 Å². The first-order chi connectivity index (χ1) is 13.4. The van der Waals surface area contributed by atoms with Gasteiger partial charge in [0.25, 0.3) is 5.91 Å². The molecule has 0 saturated carbocycles. The summed E-state index contributed by atoms with van der Waals surface area (Å²) in [5.74, 6) is 1.19. The fraction of sp³-hybridized carbons (Fsp3) is 0.391. The second kappa shape index (κ2) is 8.46. The van der Waals surface area contributed by atoms with Crippen LogP contribution in [0.3, 0.4) is 0 Å². The largest absolute Gasteiger partial charge is 0.482 e. The molecule has 2 aromatic rings. The molecule has 0 spiro atoms. The fourth-order valence-corrected chi connectivity index (χ4v) is 3.36. The van der Waals surface area contributed by atoms with Crippen LogP contribution in [0.1, 0.15) is 57.1 Å². The van der Waals surface area contributed by atoms with Crippen molar-refractivity contribution >= 4 is 23.2 Å². The van der Waals surface area contributed by atoms with E-state index in [-0.39, 0.29) is 24.8 Å². The van der Waals surface area contributed by atoms with Crippen molar-refractivity contribution in [2.75, 3.05) is 23.4 Å². The van der Waals surface area contributed by atoms with E-state index < -0.39 is 0 Å². The second-order valence-corrected chi connectivity index (χ2v) is 7.76. The lowest BCUT2D eigenvalue weighted by Crippen LogP contribution is -2.40. The Labute approximate surface area is 166 Å². The van der Waals surface area contributed by atoms with Gasteiger partial charge >= 0.3 is 0 Å². The minimum atomic E-state index is -0.129. The molecule has 1 aliphatic heterocycles. The number of ether oxygens (including phenoxy) is 1. The molecule has 0 unspecified atom stereocenters. The van der Waals surface area contributed by atoms with Crippen LogP contribution in [0, 0.1) is 0 Å². The molecular formula is C23H28N2O3. The summed E-state index contributed by atoms with van der Waals surface area (Å²) in [6, 6.07) is 13.6. The molecule has 5 nitrogen and oxygen atoms in total. The number of carbonyl (C=O) groups excluding carboxylic acids is 2. The van der Waals surface area contributed by atoms with E-state index >= 15 is 0 Å². The molecule has 0 aromatic heterocycles. The molecule has 1 heterocycles. The van der Waals surface area contributed by atoms with E-state index in [0.717, 1.165) is 16.9 Å². The van der Waals surface area contributed by atoms with Gasteiger partial charge in [-0.05, 0) is 41.2 Å². The summed E-state index contributed by atoms with van der Waals surface area (Å²) in [5.41, 5.74) is 3.96. The molecule has 0 aliphatic carbocycles. The van der Waals surface area contributed by atoms with Gasteiger partial charge in [-0.15, -0.1) is 0 Å². The molecule has 0 fully saturated rings. The SMILES string of the molecule is CC(C)c1ccc(NC(=O)CCN2C(=O)COc3ccccc32)c(C(C)C)c1. The maximum atomic E-state index is 12.6. The van der Waals surface area contributed by atoms with Gasteiger partial charge in [0.1, 0.15) is 5.75 Å². The Hall–Kier alpha value is -2.82. The summed E-state index contributed by atoms with van der Waals surface area (Å²) in [6.45, 7) is 8.90. The standard InChI is InChI=1S/C23H28N2O3/c1-15(2)17-9-10-19(18(13-17)16(3)4)24-22(26)11-12-25-20-7-5-6-8-21(20)28-14-23(25)27/h5-10,13,15-16H,11-12,14H2,1-4H3,(H,24,26). The number of hydrogen-bond donors (Lipinski definition) is 1. The maximum Gasteiger partial charge on any atom is 0.265 e. The second-order valence-electron chi connectivity index (χ2n) is 7.76. The Balaban J connectivity index is 1.69. The summed E-state index contributed by atoms with van der Waals surface area (Å²) < 4.78 is 5.45. The van der Waals surface area contributed by atoms with Crippen LogP contribution in [0.2, 0.25) is 0 Å². The van der Waals surface area contributed by atoms with Gasteiger partial charge in [-0.25, -0.2) is 0 Å². The van der Waals surface area contributed by atoms with Crippen LogP contribution in [0.4, 0.5) is 11.4 Å². The topological polar surface area (TPSA) is 58.6 Å². The zero-order chi connectivity index (χ0) is 20.3. The lowest BCUT2D eigenvalue weighted by Gasteiger charge is -2.29. The number of carbonyl (C=O) groups is 2. The predicted molar refractivity (Wildman–Crippen MR) is 112 cm³/mol. The number of rotatable bonds is 6. The van der Waals surface area contributed by atoms with Crippen molar-refractivity contribution in [1.29, 1.82) is 0 Å². The molecule has 1 N–H and O–H groups in total. The van der Waals surface area contributed by atoms with Crippen molar-refractivity contribution in [2.24, 2.45) is 0 Å². The first kappa shape index (κ1) is 19.9. The molecule has 0 bridgehead atoms. The van der Waals surface area contributed by atoms with Crippen LogP contribution in [0.25, 0.3) is 0 Å². The Kier molecular flexibility index (Phi) is 6.02. The van der Waals surface area contributed by atoms with Gasteiger partial charge in [0.15, 0.2) is 6.61 Å². The Morgan fingerprint density at radius 2 is 1.86 bits per heavy atom. The third kappa shape index (κ3) is 4.35. The highest BCUT2D eigenvalue weighted by atomic mass is 16.5. The van der Waals surface area contributed by atoms with Gasteiger partial charge in [0.2, 0.25) is 5.91 Å². The Morgan fingerprint density at radius 3 is 2.57 bits per heavy atom. The lowest BCUT2D eigenvalue weighted by molar-refractivity contribution is -0.121. The van der Waals surface area contributed by atoms with Crippen LogP contribution in [0.15, 0.2) is 42.5 Å².